The normalized spacial score (nSPS) is 10.9. The first kappa shape index (κ1) is 12.5. The number of pyridine rings is 1. The van der Waals surface area contributed by atoms with Crippen molar-refractivity contribution in [1.82, 2.24) is 10.3 Å². The molecule has 0 spiro atoms. The maximum atomic E-state index is 8.71. The first-order valence-electron chi connectivity index (χ1n) is 5.66. The molecule has 2 aromatic rings. The van der Waals surface area contributed by atoms with Gasteiger partial charge in [-0.05, 0) is 30.7 Å². The van der Waals surface area contributed by atoms with Gasteiger partial charge in [0, 0.05) is 29.2 Å². The molecule has 0 bridgehead atoms. The fourth-order valence-corrected chi connectivity index (χ4v) is 2.22. The molecular weight excluding hydrogens is 280 g/mol. The Morgan fingerprint density at radius 1 is 1.29 bits per heavy atom. The van der Waals surface area contributed by atoms with Crippen molar-refractivity contribution in [3.05, 3.63) is 40.5 Å². The maximum Gasteiger partial charge on any atom is 0.0758 e. The van der Waals surface area contributed by atoms with Gasteiger partial charge < -0.3 is 10.4 Å². The maximum absolute atomic E-state index is 8.71. The Morgan fingerprint density at radius 3 is 3.00 bits per heavy atom. The average Bonchev–Trinajstić information content (AvgIpc) is 2.37. The molecule has 2 N–H and O–H groups in total. The number of benzene rings is 1. The van der Waals surface area contributed by atoms with E-state index in [-0.39, 0.29) is 6.61 Å². The van der Waals surface area contributed by atoms with Crippen molar-refractivity contribution in [3.63, 3.8) is 0 Å². The van der Waals surface area contributed by atoms with Crippen molar-refractivity contribution in [2.45, 2.75) is 13.0 Å². The Bertz CT molecular complexity index is 502. The van der Waals surface area contributed by atoms with E-state index >= 15 is 0 Å². The van der Waals surface area contributed by atoms with E-state index < -0.39 is 0 Å². The summed E-state index contributed by atoms with van der Waals surface area (Å²) >= 11 is 3.53. The number of fused-ring (bicyclic) bond motifs is 1. The van der Waals surface area contributed by atoms with Crippen LogP contribution in [-0.4, -0.2) is 23.2 Å². The molecule has 0 fully saturated rings. The Balaban J connectivity index is 2.20. The van der Waals surface area contributed by atoms with Crippen LogP contribution < -0.4 is 5.32 Å². The summed E-state index contributed by atoms with van der Waals surface area (Å²) in [5, 5.41) is 13.1. The zero-order valence-electron chi connectivity index (χ0n) is 9.49. The average molecular weight is 295 g/mol. The molecule has 1 aromatic heterocycles. The second-order valence-corrected chi connectivity index (χ2v) is 4.71. The third kappa shape index (κ3) is 3.03. The van der Waals surface area contributed by atoms with E-state index in [4.69, 9.17) is 5.11 Å². The summed E-state index contributed by atoms with van der Waals surface area (Å²) < 4.78 is 1.07. The predicted molar refractivity (Wildman–Crippen MR) is 72.9 cm³/mol. The number of aliphatic hydroxyl groups excluding tert-OH is 1. The minimum atomic E-state index is 0.229. The number of aliphatic hydroxyl groups is 1. The van der Waals surface area contributed by atoms with Crippen LogP contribution in [0.25, 0.3) is 10.9 Å². The lowest BCUT2D eigenvalue weighted by Gasteiger charge is -2.08. The Morgan fingerprint density at radius 2 is 2.18 bits per heavy atom. The highest BCUT2D eigenvalue weighted by atomic mass is 79.9. The van der Waals surface area contributed by atoms with Gasteiger partial charge in [-0.3, -0.25) is 4.98 Å². The van der Waals surface area contributed by atoms with E-state index in [1.54, 1.807) is 0 Å². The molecule has 4 heteroatoms. The van der Waals surface area contributed by atoms with Gasteiger partial charge in [-0.15, -0.1) is 0 Å². The van der Waals surface area contributed by atoms with Crippen molar-refractivity contribution < 1.29 is 5.11 Å². The van der Waals surface area contributed by atoms with Crippen LogP contribution in [0.2, 0.25) is 0 Å². The molecule has 1 heterocycles. The van der Waals surface area contributed by atoms with E-state index in [1.807, 2.05) is 18.3 Å². The van der Waals surface area contributed by atoms with Gasteiger partial charge in [0.2, 0.25) is 0 Å². The number of rotatable bonds is 5. The van der Waals surface area contributed by atoms with Gasteiger partial charge in [-0.1, -0.05) is 28.1 Å². The van der Waals surface area contributed by atoms with Crippen molar-refractivity contribution in [3.8, 4) is 0 Å². The molecule has 0 saturated carbocycles. The predicted octanol–water partition coefficient (Wildman–Crippen LogP) is 2.47. The largest absolute Gasteiger partial charge is 0.396 e. The van der Waals surface area contributed by atoms with Gasteiger partial charge in [0.1, 0.15) is 0 Å². The minimum absolute atomic E-state index is 0.229. The van der Waals surface area contributed by atoms with E-state index in [0.717, 1.165) is 34.9 Å². The van der Waals surface area contributed by atoms with Crippen LogP contribution in [0.1, 0.15) is 12.0 Å². The number of nitrogens with zero attached hydrogens (tertiary/aromatic N) is 1. The van der Waals surface area contributed by atoms with Crippen LogP contribution in [0.15, 0.2) is 34.9 Å². The van der Waals surface area contributed by atoms with Gasteiger partial charge in [0.05, 0.1) is 5.52 Å². The number of nitrogens with one attached hydrogen (secondary N) is 1. The molecule has 0 amide bonds. The van der Waals surface area contributed by atoms with Crippen molar-refractivity contribution in [1.29, 1.82) is 0 Å². The number of halogens is 1. The highest BCUT2D eigenvalue weighted by Gasteiger charge is 2.04. The third-order valence-corrected chi connectivity index (χ3v) is 3.32. The first-order chi connectivity index (χ1) is 8.33. The van der Waals surface area contributed by atoms with Crippen LogP contribution in [0.5, 0.6) is 0 Å². The molecule has 0 saturated heterocycles. The zero-order valence-corrected chi connectivity index (χ0v) is 11.1. The minimum Gasteiger partial charge on any atom is -0.396 e. The van der Waals surface area contributed by atoms with E-state index in [1.165, 1.54) is 5.56 Å². The smallest absolute Gasteiger partial charge is 0.0758 e. The van der Waals surface area contributed by atoms with Crippen LogP contribution >= 0.6 is 15.9 Å². The van der Waals surface area contributed by atoms with Crippen LogP contribution in [0.3, 0.4) is 0 Å². The molecule has 90 valence electrons. The lowest BCUT2D eigenvalue weighted by Crippen LogP contribution is -2.16. The topological polar surface area (TPSA) is 45.1 Å². The molecule has 3 nitrogen and oxygen atoms in total. The summed E-state index contributed by atoms with van der Waals surface area (Å²) in [6.07, 6.45) is 2.59. The van der Waals surface area contributed by atoms with E-state index in [9.17, 15) is 0 Å². The molecule has 0 aliphatic carbocycles. The molecule has 0 radical (unpaired) electrons. The highest BCUT2D eigenvalue weighted by Crippen LogP contribution is 2.24. The Labute approximate surface area is 109 Å². The van der Waals surface area contributed by atoms with E-state index in [0.29, 0.717) is 0 Å². The van der Waals surface area contributed by atoms with Crippen molar-refractivity contribution in [2.24, 2.45) is 0 Å². The van der Waals surface area contributed by atoms with Gasteiger partial charge in [-0.25, -0.2) is 0 Å². The molecule has 1 aromatic carbocycles. The van der Waals surface area contributed by atoms with Gasteiger partial charge in [0.25, 0.3) is 0 Å². The second kappa shape index (κ2) is 6.10. The summed E-state index contributed by atoms with van der Waals surface area (Å²) in [6.45, 7) is 1.83. The first-order valence-corrected chi connectivity index (χ1v) is 6.46. The quantitative estimate of drug-likeness (QED) is 0.833. The monoisotopic (exact) mass is 294 g/mol. The Kier molecular flexibility index (Phi) is 4.48. The third-order valence-electron chi connectivity index (χ3n) is 2.63. The lowest BCUT2D eigenvalue weighted by molar-refractivity contribution is 0.286. The van der Waals surface area contributed by atoms with Crippen LogP contribution in [0, 0.1) is 0 Å². The second-order valence-electron chi connectivity index (χ2n) is 3.86. The van der Waals surface area contributed by atoms with Crippen molar-refractivity contribution >= 4 is 26.8 Å². The summed E-state index contributed by atoms with van der Waals surface area (Å²) in [5.41, 5.74) is 2.21. The summed E-state index contributed by atoms with van der Waals surface area (Å²) in [5.74, 6) is 0. The van der Waals surface area contributed by atoms with Crippen LogP contribution in [0.4, 0.5) is 0 Å². The fourth-order valence-electron chi connectivity index (χ4n) is 1.77. The summed E-state index contributed by atoms with van der Waals surface area (Å²) in [7, 11) is 0. The number of hydrogen-bond acceptors (Lipinski definition) is 3. The SMILES string of the molecule is OCCCNCc1ccc(Br)c2cccnc12. The van der Waals surface area contributed by atoms with E-state index in [2.05, 4.69) is 38.4 Å². The Hall–Kier alpha value is -0.970. The van der Waals surface area contributed by atoms with Gasteiger partial charge in [-0.2, -0.15) is 0 Å². The number of hydrogen-bond donors (Lipinski definition) is 2. The van der Waals surface area contributed by atoms with Crippen molar-refractivity contribution in [2.75, 3.05) is 13.2 Å². The zero-order chi connectivity index (χ0) is 12.1. The molecule has 0 aliphatic heterocycles. The molecule has 0 aliphatic rings. The molecule has 0 atom stereocenters. The fraction of sp³-hybridized carbons (Fsp3) is 0.308. The van der Waals surface area contributed by atoms with Crippen LogP contribution in [-0.2, 0) is 6.54 Å². The molecule has 17 heavy (non-hydrogen) atoms. The van der Waals surface area contributed by atoms with Gasteiger partial charge in [0.15, 0.2) is 0 Å². The standard InChI is InChI=1S/C13H15BrN2O/c14-12-5-4-10(9-15-6-2-8-17)13-11(12)3-1-7-16-13/h1,3-5,7,15,17H,2,6,8-9H2. The summed E-state index contributed by atoms with van der Waals surface area (Å²) in [6, 6.07) is 8.12. The molecule has 0 unspecified atom stereocenters. The molecular formula is C13H15BrN2O. The summed E-state index contributed by atoms with van der Waals surface area (Å²) in [4.78, 5) is 4.42. The lowest BCUT2D eigenvalue weighted by atomic mass is 10.1. The van der Waals surface area contributed by atoms with Gasteiger partial charge >= 0.3 is 0 Å². The molecule has 2 rings (SSSR count). The highest BCUT2D eigenvalue weighted by molar-refractivity contribution is 9.10. The number of aromatic nitrogens is 1.